The zero-order valence-electron chi connectivity index (χ0n) is 5.24. The van der Waals surface area contributed by atoms with Crippen LogP contribution in [0.5, 0.6) is 0 Å². The van der Waals surface area contributed by atoms with Crippen LogP contribution < -0.4 is 0 Å². The van der Waals surface area contributed by atoms with Crippen LogP contribution in [-0.4, -0.2) is 7.38 Å². The molecule has 0 rings (SSSR count). The SMILES string of the molecule is CC[Si](C)(Cl)CC#N. The third kappa shape index (κ3) is 3.06. The van der Waals surface area contributed by atoms with Crippen molar-refractivity contribution in [3.05, 3.63) is 0 Å². The fraction of sp³-hybridized carbons (Fsp3) is 0.800. The summed E-state index contributed by atoms with van der Waals surface area (Å²) in [7, 11) is -1.57. The minimum absolute atomic E-state index is 0.574. The fourth-order valence-electron chi connectivity index (χ4n) is 0.290. The summed E-state index contributed by atoms with van der Waals surface area (Å²) in [6.07, 6.45) is 0. The zero-order chi connectivity index (χ0) is 6.62. The van der Waals surface area contributed by atoms with Gasteiger partial charge in [0.05, 0.1) is 6.07 Å². The summed E-state index contributed by atoms with van der Waals surface area (Å²) in [6, 6.07) is 3.65. The highest BCUT2D eigenvalue weighted by Gasteiger charge is 2.20. The van der Waals surface area contributed by atoms with E-state index in [0.29, 0.717) is 6.04 Å². The Balaban J connectivity index is 3.58. The molecule has 8 heavy (non-hydrogen) atoms. The van der Waals surface area contributed by atoms with Gasteiger partial charge in [0.15, 0.2) is 7.38 Å². The molecule has 3 heteroatoms. The lowest BCUT2D eigenvalue weighted by molar-refractivity contribution is 1.35. The van der Waals surface area contributed by atoms with Crippen LogP contribution in [0.15, 0.2) is 0 Å². The van der Waals surface area contributed by atoms with Crippen LogP contribution >= 0.6 is 11.1 Å². The van der Waals surface area contributed by atoms with E-state index in [0.717, 1.165) is 6.04 Å². The number of hydrogen-bond donors (Lipinski definition) is 0. The highest BCUT2D eigenvalue weighted by atomic mass is 35.6. The normalized spacial score (nSPS) is 16.8. The molecule has 0 fully saturated rings. The van der Waals surface area contributed by atoms with E-state index >= 15 is 0 Å². The summed E-state index contributed by atoms with van der Waals surface area (Å²) in [5.41, 5.74) is 0. The Morgan fingerprint density at radius 1 is 1.75 bits per heavy atom. The van der Waals surface area contributed by atoms with Gasteiger partial charge < -0.3 is 0 Å². The van der Waals surface area contributed by atoms with Crippen molar-refractivity contribution in [2.75, 3.05) is 0 Å². The monoisotopic (exact) mass is 147 g/mol. The van der Waals surface area contributed by atoms with E-state index in [2.05, 4.69) is 6.07 Å². The van der Waals surface area contributed by atoms with Gasteiger partial charge in [-0.1, -0.05) is 13.5 Å². The van der Waals surface area contributed by atoms with Gasteiger partial charge in [0.1, 0.15) is 0 Å². The Bertz CT molecular complexity index is 105. The van der Waals surface area contributed by atoms with Crippen molar-refractivity contribution in [3.63, 3.8) is 0 Å². The molecule has 0 spiro atoms. The van der Waals surface area contributed by atoms with Gasteiger partial charge in [0.2, 0.25) is 0 Å². The van der Waals surface area contributed by atoms with Gasteiger partial charge in [0.25, 0.3) is 0 Å². The predicted octanol–water partition coefficient (Wildman–Crippen LogP) is 2.34. The molecule has 1 nitrogen and oxygen atoms in total. The van der Waals surface area contributed by atoms with Gasteiger partial charge in [-0.3, -0.25) is 0 Å². The van der Waals surface area contributed by atoms with Gasteiger partial charge in [-0.25, -0.2) is 0 Å². The largest absolute Gasteiger partial charge is 0.199 e. The van der Waals surface area contributed by atoms with E-state index in [4.69, 9.17) is 16.3 Å². The molecule has 0 aliphatic heterocycles. The average molecular weight is 148 g/mol. The molecule has 0 N–H and O–H groups in total. The number of halogens is 1. The fourth-order valence-corrected chi connectivity index (χ4v) is 1.05. The van der Waals surface area contributed by atoms with Crippen molar-refractivity contribution in [1.82, 2.24) is 0 Å². The lowest BCUT2D eigenvalue weighted by atomic mass is 10.9. The molecular formula is C5H10ClNSi. The first-order chi connectivity index (χ1) is 3.62. The summed E-state index contributed by atoms with van der Waals surface area (Å²) >= 11 is 5.94. The molecule has 0 bridgehead atoms. The molecular weight excluding hydrogens is 138 g/mol. The summed E-state index contributed by atoms with van der Waals surface area (Å²) in [6.45, 7) is 4.05. The molecule has 0 aromatic carbocycles. The van der Waals surface area contributed by atoms with Gasteiger partial charge in [0, 0.05) is 6.04 Å². The van der Waals surface area contributed by atoms with Crippen molar-refractivity contribution in [3.8, 4) is 6.07 Å². The molecule has 0 heterocycles. The topological polar surface area (TPSA) is 23.8 Å². The molecule has 0 saturated heterocycles. The Kier molecular flexibility index (Phi) is 3.11. The van der Waals surface area contributed by atoms with Gasteiger partial charge in [-0.15, -0.1) is 0 Å². The second-order valence-electron chi connectivity index (χ2n) is 2.10. The summed E-state index contributed by atoms with van der Waals surface area (Å²) in [5, 5.41) is 8.23. The quantitative estimate of drug-likeness (QED) is 0.435. The molecule has 0 radical (unpaired) electrons. The van der Waals surface area contributed by atoms with E-state index in [1.54, 1.807) is 0 Å². The Labute approximate surface area is 56.0 Å². The van der Waals surface area contributed by atoms with Crippen molar-refractivity contribution in [2.24, 2.45) is 0 Å². The number of hydrogen-bond acceptors (Lipinski definition) is 1. The van der Waals surface area contributed by atoms with Crippen molar-refractivity contribution < 1.29 is 0 Å². The van der Waals surface area contributed by atoms with Crippen LogP contribution in [0.3, 0.4) is 0 Å². The Morgan fingerprint density at radius 2 is 2.25 bits per heavy atom. The van der Waals surface area contributed by atoms with Gasteiger partial charge in [-0.05, 0) is 6.04 Å². The summed E-state index contributed by atoms with van der Waals surface area (Å²) in [4.78, 5) is 0. The first-order valence-corrected chi connectivity index (χ1v) is 6.61. The molecule has 46 valence electrons. The maximum Gasteiger partial charge on any atom is 0.167 e. The standard InChI is InChI=1S/C5H10ClNSi/c1-3-8(2,6)5-4-7/h3,5H2,1-2H3. The van der Waals surface area contributed by atoms with Crippen LogP contribution in [0.1, 0.15) is 6.92 Å². The van der Waals surface area contributed by atoms with E-state index in [1.807, 2.05) is 13.5 Å². The summed E-state index contributed by atoms with van der Waals surface area (Å²) in [5.74, 6) is 0. The molecule has 0 saturated carbocycles. The van der Waals surface area contributed by atoms with Crippen molar-refractivity contribution in [2.45, 2.75) is 25.6 Å². The van der Waals surface area contributed by atoms with E-state index in [9.17, 15) is 0 Å². The maximum absolute atomic E-state index is 8.23. The molecule has 0 aliphatic rings. The van der Waals surface area contributed by atoms with Gasteiger partial charge >= 0.3 is 0 Å². The second-order valence-corrected chi connectivity index (χ2v) is 8.73. The zero-order valence-corrected chi connectivity index (χ0v) is 7.00. The lowest BCUT2D eigenvalue weighted by Gasteiger charge is -2.09. The highest BCUT2D eigenvalue weighted by molar-refractivity contribution is 7.19. The first-order valence-electron chi connectivity index (χ1n) is 2.68. The average Bonchev–Trinajstić information content (AvgIpc) is 1.67. The van der Waals surface area contributed by atoms with Crippen molar-refractivity contribution >= 4 is 18.5 Å². The number of nitriles is 1. The first kappa shape index (κ1) is 8.00. The van der Waals surface area contributed by atoms with Crippen LogP contribution in [0, 0.1) is 11.3 Å². The van der Waals surface area contributed by atoms with E-state index < -0.39 is 7.38 Å². The molecule has 0 aliphatic carbocycles. The molecule has 0 aromatic heterocycles. The smallest absolute Gasteiger partial charge is 0.167 e. The Morgan fingerprint density at radius 3 is 2.38 bits per heavy atom. The minimum Gasteiger partial charge on any atom is -0.199 e. The van der Waals surface area contributed by atoms with Crippen LogP contribution in [0.2, 0.25) is 18.6 Å². The maximum atomic E-state index is 8.23. The van der Waals surface area contributed by atoms with Crippen molar-refractivity contribution in [1.29, 1.82) is 5.26 Å². The third-order valence-electron chi connectivity index (χ3n) is 1.18. The van der Waals surface area contributed by atoms with Gasteiger partial charge in [-0.2, -0.15) is 16.3 Å². The molecule has 0 aromatic rings. The minimum atomic E-state index is -1.57. The molecule has 1 atom stereocenters. The van der Waals surface area contributed by atoms with Crippen LogP contribution in [0.4, 0.5) is 0 Å². The third-order valence-corrected chi connectivity index (χ3v) is 4.76. The predicted molar refractivity (Wildman–Crippen MR) is 38.4 cm³/mol. The second kappa shape index (κ2) is 3.11. The number of nitrogens with zero attached hydrogens (tertiary/aromatic N) is 1. The molecule has 0 amide bonds. The summed E-state index contributed by atoms with van der Waals surface area (Å²) < 4.78 is 0. The van der Waals surface area contributed by atoms with Crippen LogP contribution in [-0.2, 0) is 0 Å². The Hall–Kier alpha value is -0.00312. The van der Waals surface area contributed by atoms with E-state index in [-0.39, 0.29) is 0 Å². The lowest BCUT2D eigenvalue weighted by Crippen LogP contribution is -2.18. The highest BCUT2D eigenvalue weighted by Crippen LogP contribution is 2.18. The number of rotatable bonds is 2. The van der Waals surface area contributed by atoms with E-state index in [1.165, 1.54) is 0 Å². The molecule has 1 unspecified atom stereocenters. The van der Waals surface area contributed by atoms with Crippen LogP contribution in [0.25, 0.3) is 0 Å².